The number of carbonyl (C=O) groups is 2. The van der Waals surface area contributed by atoms with Gasteiger partial charge in [0, 0.05) is 19.0 Å². The lowest BCUT2D eigenvalue weighted by atomic mass is 10.4. The molecule has 5 nitrogen and oxygen atoms in total. The molecule has 0 atom stereocenters. The molecule has 0 aliphatic heterocycles. The topological polar surface area (TPSA) is 67.4 Å². The van der Waals surface area contributed by atoms with Gasteiger partial charge in [-0.15, -0.1) is 0 Å². The number of carbonyl (C=O) groups excluding carboxylic acids is 2. The Balaban J connectivity index is 1.93. The molecule has 2 N–H and O–H groups in total. The molecule has 0 heterocycles. The number of esters is 1. The minimum atomic E-state index is -0.280. The van der Waals surface area contributed by atoms with E-state index in [9.17, 15) is 9.59 Å². The van der Waals surface area contributed by atoms with Gasteiger partial charge in [0.25, 0.3) is 0 Å². The zero-order chi connectivity index (χ0) is 12.0. The van der Waals surface area contributed by atoms with Gasteiger partial charge in [0.1, 0.15) is 0 Å². The van der Waals surface area contributed by atoms with Gasteiger partial charge in [0.05, 0.1) is 12.6 Å². The Kier molecular flexibility index (Phi) is 5.25. The Hall–Kier alpha value is -1.10. The second-order valence-electron chi connectivity index (χ2n) is 4.31. The van der Waals surface area contributed by atoms with E-state index in [1.54, 1.807) is 13.8 Å². The minimum Gasteiger partial charge on any atom is -0.462 e. The summed E-state index contributed by atoms with van der Waals surface area (Å²) in [6.07, 6.45) is 2.51. The first-order chi connectivity index (χ1) is 7.58. The maximum absolute atomic E-state index is 11.2. The van der Waals surface area contributed by atoms with Gasteiger partial charge in [-0.05, 0) is 26.7 Å². The van der Waals surface area contributed by atoms with Crippen LogP contribution in [0.15, 0.2) is 0 Å². The molecule has 0 bridgehead atoms. The molecular weight excluding hydrogens is 208 g/mol. The standard InChI is InChI=1S/C11H20N2O3/c1-8(2)16-11(15)7-12-6-5-10(14)13-9-3-4-9/h8-9,12H,3-7H2,1-2H3,(H,13,14). The molecule has 1 aliphatic carbocycles. The van der Waals surface area contributed by atoms with Crippen LogP contribution in [0.2, 0.25) is 0 Å². The van der Waals surface area contributed by atoms with Crippen molar-refractivity contribution in [1.29, 1.82) is 0 Å². The first kappa shape index (κ1) is 13.0. The maximum Gasteiger partial charge on any atom is 0.320 e. The highest BCUT2D eigenvalue weighted by atomic mass is 16.5. The van der Waals surface area contributed by atoms with Crippen LogP contribution in [0.4, 0.5) is 0 Å². The maximum atomic E-state index is 11.2. The van der Waals surface area contributed by atoms with E-state index in [1.165, 1.54) is 0 Å². The van der Waals surface area contributed by atoms with Crippen molar-refractivity contribution in [2.75, 3.05) is 13.1 Å². The normalized spacial score (nSPS) is 14.9. The van der Waals surface area contributed by atoms with Gasteiger partial charge < -0.3 is 15.4 Å². The molecule has 1 fully saturated rings. The second-order valence-corrected chi connectivity index (χ2v) is 4.31. The summed E-state index contributed by atoms with van der Waals surface area (Å²) >= 11 is 0. The quantitative estimate of drug-likeness (QED) is 0.482. The van der Waals surface area contributed by atoms with Crippen molar-refractivity contribution in [3.63, 3.8) is 0 Å². The van der Waals surface area contributed by atoms with Crippen LogP contribution in [0.3, 0.4) is 0 Å². The summed E-state index contributed by atoms with van der Waals surface area (Å²) in [6, 6.07) is 0.401. The van der Waals surface area contributed by atoms with Crippen LogP contribution in [0.5, 0.6) is 0 Å². The highest BCUT2D eigenvalue weighted by Gasteiger charge is 2.22. The third-order valence-corrected chi connectivity index (χ3v) is 2.11. The zero-order valence-corrected chi connectivity index (χ0v) is 9.91. The molecule has 0 aromatic heterocycles. The monoisotopic (exact) mass is 228 g/mol. The second kappa shape index (κ2) is 6.48. The number of hydrogen-bond acceptors (Lipinski definition) is 4. The van der Waals surface area contributed by atoms with Crippen LogP contribution in [0, 0.1) is 0 Å². The van der Waals surface area contributed by atoms with E-state index in [-0.39, 0.29) is 24.5 Å². The first-order valence-electron chi connectivity index (χ1n) is 5.77. The largest absolute Gasteiger partial charge is 0.462 e. The molecule has 1 amide bonds. The van der Waals surface area contributed by atoms with Gasteiger partial charge in [-0.2, -0.15) is 0 Å². The van der Waals surface area contributed by atoms with E-state index < -0.39 is 0 Å². The number of rotatable bonds is 7. The molecule has 0 unspecified atom stereocenters. The van der Waals surface area contributed by atoms with Gasteiger partial charge in [-0.25, -0.2) is 0 Å². The van der Waals surface area contributed by atoms with Crippen LogP contribution < -0.4 is 10.6 Å². The summed E-state index contributed by atoms with van der Waals surface area (Å²) < 4.78 is 4.93. The molecular formula is C11H20N2O3. The summed E-state index contributed by atoms with van der Waals surface area (Å²) in [5.74, 6) is -0.232. The summed E-state index contributed by atoms with van der Waals surface area (Å²) in [5, 5.41) is 5.76. The summed E-state index contributed by atoms with van der Waals surface area (Å²) in [6.45, 7) is 4.28. The number of nitrogens with one attached hydrogen (secondary N) is 2. The van der Waals surface area contributed by atoms with Crippen molar-refractivity contribution in [2.24, 2.45) is 0 Å². The lowest BCUT2D eigenvalue weighted by molar-refractivity contribution is -0.146. The molecule has 0 saturated heterocycles. The fourth-order valence-electron chi connectivity index (χ4n) is 1.22. The number of ether oxygens (including phenoxy) is 1. The first-order valence-corrected chi connectivity index (χ1v) is 5.77. The number of amides is 1. The van der Waals surface area contributed by atoms with Gasteiger partial charge in [0.15, 0.2) is 0 Å². The SMILES string of the molecule is CC(C)OC(=O)CNCCC(=O)NC1CC1. The minimum absolute atomic E-state index is 0.0484. The van der Waals surface area contributed by atoms with Crippen molar-refractivity contribution in [3.8, 4) is 0 Å². The van der Waals surface area contributed by atoms with E-state index in [0.29, 0.717) is 19.0 Å². The average Bonchev–Trinajstić information content (AvgIpc) is 2.95. The van der Waals surface area contributed by atoms with Crippen LogP contribution in [0.1, 0.15) is 33.1 Å². The molecule has 0 spiro atoms. The fourth-order valence-corrected chi connectivity index (χ4v) is 1.22. The van der Waals surface area contributed by atoms with Crippen molar-refractivity contribution in [3.05, 3.63) is 0 Å². The van der Waals surface area contributed by atoms with Crippen LogP contribution in [0.25, 0.3) is 0 Å². The highest BCUT2D eigenvalue weighted by Crippen LogP contribution is 2.18. The van der Waals surface area contributed by atoms with Gasteiger partial charge in [-0.1, -0.05) is 0 Å². The molecule has 0 radical (unpaired) electrons. The van der Waals surface area contributed by atoms with E-state index in [1.807, 2.05) is 0 Å². The average molecular weight is 228 g/mol. The molecule has 0 aromatic rings. The highest BCUT2D eigenvalue weighted by molar-refractivity contribution is 5.77. The van der Waals surface area contributed by atoms with Crippen LogP contribution in [-0.4, -0.2) is 37.1 Å². The van der Waals surface area contributed by atoms with Gasteiger partial charge in [-0.3, -0.25) is 9.59 Å². The van der Waals surface area contributed by atoms with Crippen molar-refractivity contribution in [2.45, 2.75) is 45.3 Å². The molecule has 1 aliphatic rings. The Labute approximate surface area is 95.9 Å². The van der Waals surface area contributed by atoms with E-state index in [4.69, 9.17) is 4.74 Å². The van der Waals surface area contributed by atoms with Gasteiger partial charge in [0.2, 0.25) is 5.91 Å². The molecule has 16 heavy (non-hydrogen) atoms. The fraction of sp³-hybridized carbons (Fsp3) is 0.818. The molecule has 1 saturated carbocycles. The van der Waals surface area contributed by atoms with Gasteiger partial charge >= 0.3 is 5.97 Å². The lowest BCUT2D eigenvalue weighted by Gasteiger charge is -2.08. The van der Waals surface area contributed by atoms with Crippen molar-refractivity contribution >= 4 is 11.9 Å². The molecule has 0 aromatic carbocycles. The Morgan fingerprint density at radius 3 is 2.62 bits per heavy atom. The predicted molar refractivity (Wildman–Crippen MR) is 59.9 cm³/mol. The third kappa shape index (κ3) is 6.40. The predicted octanol–water partition coefficient (Wildman–Crippen LogP) is 0.196. The van der Waals surface area contributed by atoms with E-state index in [0.717, 1.165) is 12.8 Å². The Morgan fingerprint density at radius 1 is 1.38 bits per heavy atom. The Morgan fingerprint density at radius 2 is 2.06 bits per heavy atom. The van der Waals surface area contributed by atoms with Crippen molar-refractivity contribution < 1.29 is 14.3 Å². The van der Waals surface area contributed by atoms with Crippen molar-refractivity contribution in [1.82, 2.24) is 10.6 Å². The zero-order valence-electron chi connectivity index (χ0n) is 9.91. The lowest BCUT2D eigenvalue weighted by Crippen LogP contribution is -2.32. The van der Waals surface area contributed by atoms with E-state index >= 15 is 0 Å². The smallest absolute Gasteiger partial charge is 0.320 e. The molecule has 1 rings (SSSR count). The van der Waals surface area contributed by atoms with Crippen LogP contribution >= 0.6 is 0 Å². The third-order valence-electron chi connectivity index (χ3n) is 2.11. The Bertz CT molecular complexity index is 232. The molecule has 92 valence electrons. The molecule has 5 heteroatoms. The summed E-state index contributed by atoms with van der Waals surface area (Å²) in [7, 11) is 0. The summed E-state index contributed by atoms with van der Waals surface area (Å²) in [4.78, 5) is 22.3. The van der Waals surface area contributed by atoms with E-state index in [2.05, 4.69) is 10.6 Å². The summed E-state index contributed by atoms with van der Waals surface area (Å²) in [5.41, 5.74) is 0. The van der Waals surface area contributed by atoms with Crippen LogP contribution in [-0.2, 0) is 14.3 Å². The number of hydrogen-bond donors (Lipinski definition) is 2.